The summed E-state index contributed by atoms with van der Waals surface area (Å²) in [4.78, 5) is 27.3. The largest absolute Gasteiger partial charge is 0.493 e. The summed E-state index contributed by atoms with van der Waals surface area (Å²) >= 11 is 0. The fraction of sp³-hybridized carbons (Fsp3) is 0.414. The highest BCUT2D eigenvalue weighted by Gasteiger charge is 2.29. The van der Waals surface area contributed by atoms with Crippen molar-refractivity contribution in [3.63, 3.8) is 0 Å². The summed E-state index contributed by atoms with van der Waals surface area (Å²) < 4.78 is 52.7. The Morgan fingerprint density at radius 3 is 2.50 bits per heavy atom. The van der Waals surface area contributed by atoms with Crippen LogP contribution in [0.2, 0.25) is 0 Å². The molecule has 2 aliphatic rings. The van der Waals surface area contributed by atoms with E-state index in [1.807, 2.05) is 12.1 Å². The molecule has 1 saturated heterocycles. The highest BCUT2D eigenvalue weighted by atomic mass is 32.2. The maximum atomic E-state index is 14.7. The van der Waals surface area contributed by atoms with E-state index < -0.39 is 21.7 Å². The Morgan fingerprint density at radius 1 is 1.10 bits per heavy atom. The maximum absolute atomic E-state index is 14.7. The molecule has 1 aliphatic heterocycles. The first-order valence-electron chi connectivity index (χ1n) is 13.7. The first-order chi connectivity index (χ1) is 20.0. The van der Waals surface area contributed by atoms with Gasteiger partial charge in [-0.15, -0.1) is 0 Å². The second-order valence-electron chi connectivity index (χ2n) is 10.5. The van der Waals surface area contributed by atoms with Gasteiger partial charge in [0.1, 0.15) is 18.1 Å². The van der Waals surface area contributed by atoms with E-state index in [1.165, 1.54) is 34.5 Å². The van der Waals surface area contributed by atoms with Crippen LogP contribution < -0.4 is 14.8 Å². The molecule has 1 aliphatic carbocycles. The van der Waals surface area contributed by atoms with E-state index >= 15 is 0 Å². The Hall–Kier alpha value is -3.97. The number of para-hydroxylation sites is 1. The molecule has 0 radical (unpaired) electrons. The fourth-order valence-corrected chi connectivity index (χ4v) is 5.80. The van der Waals surface area contributed by atoms with Gasteiger partial charge in [-0.3, -0.25) is 14.3 Å². The van der Waals surface area contributed by atoms with Crippen LogP contribution in [0, 0.1) is 5.82 Å². The van der Waals surface area contributed by atoms with Gasteiger partial charge in [-0.2, -0.15) is 9.40 Å². The molecule has 0 spiro atoms. The van der Waals surface area contributed by atoms with Crippen LogP contribution in [0.4, 0.5) is 4.39 Å². The molecule has 2 amide bonds. The van der Waals surface area contributed by atoms with Gasteiger partial charge in [0.05, 0.1) is 24.6 Å². The third-order valence-corrected chi connectivity index (χ3v) is 8.78. The first kappa shape index (κ1) is 29.5. The first-order valence-corrected chi connectivity index (χ1v) is 15.5. The Bertz CT molecular complexity index is 1600. The van der Waals surface area contributed by atoms with Crippen LogP contribution in [0.15, 0.2) is 42.5 Å². The molecule has 0 unspecified atom stereocenters. The number of aryl methyl sites for hydroxylation is 1. The summed E-state index contributed by atoms with van der Waals surface area (Å²) in [6.07, 6.45) is 3.32. The minimum absolute atomic E-state index is 0.0353. The number of carbonyl (C=O) groups is 2. The van der Waals surface area contributed by atoms with E-state index in [1.54, 1.807) is 23.9 Å². The van der Waals surface area contributed by atoms with E-state index in [9.17, 15) is 22.4 Å². The number of sulfonamides is 1. The van der Waals surface area contributed by atoms with Crippen LogP contribution in [0.25, 0.3) is 0 Å². The maximum Gasteiger partial charge on any atom is 0.269 e. The van der Waals surface area contributed by atoms with Gasteiger partial charge in [0.15, 0.2) is 11.5 Å². The quantitative estimate of drug-likeness (QED) is 0.380. The molecule has 0 bridgehead atoms. The predicted molar refractivity (Wildman–Crippen MR) is 152 cm³/mol. The van der Waals surface area contributed by atoms with Crippen molar-refractivity contribution < 1.29 is 31.9 Å². The number of rotatable bonds is 10. The lowest BCUT2D eigenvalue weighted by atomic mass is 10.1. The van der Waals surface area contributed by atoms with Gasteiger partial charge < -0.3 is 19.7 Å². The normalized spacial score (nSPS) is 15.9. The molecule has 1 saturated carbocycles. The highest BCUT2D eigenvalue weighted by molar-refractivity contribution is 7.88. The third kappa shape index (κ3) is 6.57. The monoisotopic (exact) mass is 599 g/mol. The second-order valence-corrected chi connectivity index (χ2v) is 12.5. The number of hydrogen-bond donors (Lipinski definition) is 1. The Morgan fingerprint density at radius 2 is 1.83 bits per heavy atom. The SMILES string of the molecule is COc1c(CNC(=O)c2cc(C3CC3)nn2C)cccc1OCc1ccc(F)c(C(=O)N2CCN(S(C)(=O)=O)CC2)c1. The molecule has 42 heavy (non-hydrogen) atoms. The summed E-state index contributed by atoms with van der Waals surface area (Å²) in [5.41, 5.74) is 2.60. The van der Waals surface area contributed by atoms with Crippen molar-refractivity contribution in [2.24, 2.45) is 7.05 Å². The molecule has 224 valence electrons. The van der Waals surface area contributed by atoms with Crippen molar-refractivity contribution in [2.75, 3.05) is 39.5 Å². The van der Waals surface area contributed by atoms with Crippen molar-refractivity contribution in [1.82, 2.24) is 24.3 Å². The Labute approximate surface area is 244 Å². The van der Waals surface area contributed by atoms with Gasteiger partial charge in [-0.05, 0) is 42.7 Å². The van der Waals surface area contributed by atoms with Crippen molar-refractivity contribution in [3.8, 4) is 11.5 Å². The van der Waals surface area contributed by atoms with Crippen LogP contribution in [0.5, 0.6) is 11.5 Å². The number of halogens is 1. The number of nitrogens with zero attached hydrogens (tertiary/aromatic N) is 4. The zero-order valence-electron chi connectivity index (χ0n) is 23.8. The number of benzene rings is 2. The van der Waals surface area contributed by atoms with E-state index in [-0.39, 0.29) is 50.8 Å². The summed E-state index contributed by atoms with van der Waals surface area (Å²) in [5.74, 6) is -0.0949. The number of piperazine rings is 1. The van der Waals surface area contributed by atoms with Gasteiger partial charge in [0.25, 0.3) is 11.8 Å². The topological polar surface area (TPSA) is 123 Å². The van der Waals surface area contributed by atoms with E-state index in [2.05, 4.69) is 10.4 Å². The number of aromatic nitrogens is 2. The lowest BCUT2D eigenvalue weighted by Gasteiger charge is -2.33. The van der Waals surface area contributed by atoms with E-state index in [0.717, 1.165) is 24.8 Å². The fourth-order valence-electron chi connectivity index (χ4n) is 4.97. The Balaban J connectivity index is 1.23. The van der Waals surface area contributed by atoms with Gasteiger partial charge in [0, 0.05) is 51.3 Å². The average molecular weight is 600 g/mol. The molecule has 13 heteroatoms. The molecular formula is C29H34FN5O6S. The number of amides is 2. The molecular weight excluding hydrogens is 565 g/mol. The van der Waals surface area contributed by atoms with Crippen molar-refractivity contribution >= 4 is 21.8 Å². The second kappa shape index (κ2) is 12.1. The van der Waals surface area contributed by atoms with Crippen LogP contribution in [0.3, 0.4) is 0 Å². The Kier molecular flexibility index (Phi) is 8.50. The van der Waals surface area contributed by atoms with Gasteiger partial charge in [-0.1, -0.05) is 18.2 Å². The molecule has 11 nitrogen and oxygen atoms in total. The molecule has 1 aromatic heterocycles. The molecule has 5 rings (SSSR count). The summed E-state index contributed by atoms with van der Waals surface area (Å²) in [5, 5.41) is 7.37. The third-order valence-electron chi connectivity index (χ3n) is 7.48. The van der Waals surface area contributed by atoms with Crippen LogP contribution in [0.1, 0.15) is 56.4 Å². The molecule has 2 heterocycles. The molecule has 2 aromatic carbocycles. The number of methoxy groups -OCH3 is 1. The minimum Gasteiger partial charge on any atom is -0.493 e. The molecule has 2 fully saturated rings. The van der Waals surface area contributed by atoms with Crippen LogP contribution >= 0.6 is 0 Å². The van der Waals surface area contributed by atoms with E-state index in [4.69, 9.17) is 9.47 Å². The number of nitrogens with one attached hydrogen (secondary N) is 1. The van der Waals surface area contributed by atoms with E-state index in [0.29, 0.717) is 34.2 Å². The molecule has 0 atom stereocenters. The minimum atomic E-state index is -3.35. The predicted octanol–water partition coefficient (Wildman–Crippen LogP) is 2.67. The zero-order chi connectivity index (χ0) is 30.0. The van der Waals surface area contributed by atoms with Crippen molar-refractivity contribution in [2.45, 2.75) is 31.9 Å². The number of carbonyl (C=O) groups excluding carboxylic acids is 2. The summed E-state index contributed by atoms with van der Waals surface area (Å²) in [6, 6.07) is 11.4. The smallest absolute Gasteiger partial charge is 0.269 e. The standard InChI is InChI=1S/C29H34FN5O6S/c1-33-25(16-24(32-33)20-8-9-20)28(36)31-17-21-5-4-6-26(27(21)40-2)41-18-19-7-10-23(30)22(15-19)29(37)34-11-13-35(14-12-34)42(3,38)39/h4-7,10,15-16,20H,8-9,11-14,17-18H2,1-3H3,(H,31,36). The van der Waals surface area contributed by atoms with Gasteiger partial charge >= 0.3 is 0 Å². The highest BCUT2D eigenvalue weighted by Crippen LogP contribution is 2.39. The zero-order valence-corrected chi connectivity index (χ0v) is 24.6. The number of hydrogen-bond acceptors (Lipinski definition) is 7. The summed E-state index contributed by atoms with van der Waals surface area (Å²) in [7, 11) is -0.0875. The van der Waals surface area contributed by atoms with Crippen molar-refractivity contribution in [1.29, 1.82) is 0 Å². The molecule has 1 N–H and O–H groups in total. The summed E-state index contributed by atoms with van der Waals surface area (Å²) in [6.45, 7) is 0.909. The lowest BCUT2D eigenvalue weighted by Crippen LogP contribution is -2.50. The van der Waals surface area contributed by atoms with Gasteiger partial charge in [0.2, 0.25) is 10.0 Å². The number of ether oxygens (including phenoxy) is 2. The van der Waals surface area contributed by atoms with Gasteiger partial charge in [-0.25, -0.2) is 12.8 Å². The van der Waals surface area contributed by atoms with Crippen LogP contribution in [-0.2, 0) is 30.2 Å². The average Bonchev–Trinajstić information content (AvgIpc) is 3.75. The lowest BCUT2D eigenvalue weighted by molar-refractivity contribution is 0.0693. The molecule has 3 aromatic rings. The van der Waals surface area contributed by atoms with Crippen molar-refractivity contribution in [3.05, 3.63) is 76.4 Å². The van der Waals surface area contributed by atoms with Crippen LogP contribution in [-0.4, -0.2) is 78.8 Å².